The van der Waals surface area contributed by atoms with Crippen molar-refractivity contribution in [1.29, 1.82) is 0 Å². The van der Waals surface area contributed by atoms with Crippen molar-refractivity contribution in [2.24, 2.45) is 38.1 Å². The van der Waals surface area contributed by atoms with Gasteiger partial charge in [-0.3, -0.25) is 15.0 Å². The predicted molar refractivity (Wildman–Crippen MR) is 153 cm³/mol. The van der Waals surface area contributed by atoms with Crippen LogP contribution in [0.5, 0.6) is 0 Å². The number of nitrogens with two attached hydrogens (primary N) is 3. The van der Waals surface area contributed by atoms with Gasteiger partial charge in [0.15, 0.2) is 0 Å². The Balaban J connectivity index is -0.000000846. The van der Waals surface area contributed by atoms with E-state index in [-0.39, 0.29) is 12.1 Å². The van der Waals surface area contributed by atoms with Gasteiger partial charge in [-0.25, -0.2) is 0 Å². The Bertz CT molecular complexity index is 563. The zero-order valence-electron chi connectivity index (χ0n) is 23.1. The third-order valence-corrected chi connectivity index (χ3v) is 4.73. The van der Waals surface area contributed by atoms with E-state index in [2.05, 4.69) is 62.3 Å². The minimum atomic E-state index is 0.0416. The largest absolute Gasteiger partial charge is 0.387 e. The van der Waals surface area contributed by atoms with Gasteiger partial charge in [0.05, 0.1) is 18.9 Å². The fourth-order valence-corrected chi connectivity index (χ4v) is 2.50. The zero-order chi connectivity index (χ0) is 26.1. The molecule has 0 aliphatic rings. The summed E-state index contributed by atoms with van der Waals surface area (Å²) in [6.07, 6.45) is 12.1. The van der Waals surface area contributed by atoms with E-state index in [0.717, 1.165) is 62.1 Å². The average Bonchev–Trinajstić information content (AvgIpc) is 2.80. The van der Waals surface area contributed by atoms with Gasteiger partial charge in [-0.2, -0.15) is 0 Å². The Kier molecular flexibility index (Phi) is 28.7. The van der Waals surface area contributed by atoms with E-state index in [1.807, 2.05) is 33.2 Å². The van der Waals surface area contributed by atoms with E-state index < -0.39 is 0 Å². The molecule has 0 radical (unpaired) electrons. The van der Waals surface area contributed by atoms with Crippen LogP contribution in [0.2, 0.25) is 0 Å². The lowest BCUT2D eigenvalue weighted by Gasteiger charge is -2.08. The number of hydrogen-bond donors (Lipinski definition) is 3. The molecule has 3 atom stereocenters. The maximum absolute atomic E-state index is 5.98. The summed E-state index contributed by atoms with van der Waals surface area (Å²) < 4.78 is 0. The average molecular weight is 465 g/mol. The normalized spacial score (nSPS) is 14.8. The van der Waals surface area contributed by atoms with Crippen molar-refractivity contribution in [3.63, 3.8) is 0 Å². The van der Waals surface area contributed by atoms with Crippen LogP contribution in [0, 0.1) is 5.92 Å². The summed E-state index contributed by atoms with van der Waals surface area (Å²) in [4.78, 5) is 13.1. The highest BCUT2D eigenvalue weighted by Gasteiger charge is 2.04. The van der Waals surface area contributed by atoms with Crippen molar-refractivity contribution >= 4 is 18.3 Å². The molecule has 0 rings (SSSR count). The molecule has 6 nitrogen and oxygen atoms in total. The van der Waals surface area contributed by atoms with Crippen molar-refractivity contribution < 1.29 is 0 Å². The molecular weight excluding hydrogens is 408 g/mol. The van der Waals surface area contributed by atoms with Gasteiger partial charge in [-0.1, -0.05) is 66.2 Å². The van der Waals surface area contributed by atoms with E-state index in [1.165, 1.54) is 0 Å². The van der Waals surface area contributed by atoms with Crippen LogP contribution in [0.1, 0.15) is 93.9 Å². The van der Waals surface area contributed by atoms with E-state index in [4.69, 9.17) is 17.2 Å². The fourth-order valence-electron chi connectivity index (χ4n) is 2.50. The monoisotopic (exact) mass is 464 g/mol. The van der Waals surface area contributed by atoms with Gasteiger partial charge in [0.1, 0.15) is 0 Å². The molecule has 0 saturated carbocycles. The van der Waals surface area contributed by atoms with Gasteiger partial charge < -0.3 is 17.2 Å². The van der Waals surface area contributed by atoms with Gasteiger partial charge in [0.25, 0.3) is 0 Å². The summed E-state index contributed by atoms with van der Waals surface area (Å²) in [5, 5.41) is 0. The minimum absolute atomic E-state index is 0.0416. The molecule has 33 heavy (non-hydrogen) atoms. The summed E-state index contributed by atoms with van der Waals surface area (Å²) in [6, 6.07) is 0.250. The first-order valence-electron chi connectivity index (χ1n) is 12.8. The number of hydrogen-bond acceptors (Lipinski definition) is 5. The minimum Gasteiger partial charge on any atom is -0.387 e. The highest BCUT2D eigenvalue weighted by Crippen LogP contribution is 2.04. The van der Waals surface area contributed by atoms with Crippen molar-refractivity contribution in [2.45, 2.75) is 106 Å². The summed E-state index contributed by atoms with van der Waals surface area (Å²) in [5.74, 6) is 1.11. The summed E-state index contributed by atoms with van der Waals surface area (Å²) in [7, 11) is 0. The maximum atomic E-state index is 5.98. The van der Waals surface area contributed by atoms with Gasteiger partial charge in [-0.05, 0) is 51.5 Å². The summed E-state index contributed by atoms with van der Waals surface area (Å²) in [6.45, 7) is 22.3. The van der Waals surface area contributed by atoms with E-state index in [1.54, 1.807) is 0 Å². The molecule has 0 amide bonds. The van der Waals surface area contributed by atoms with Crippen LogP contribution in [0.3, 0.4) is 0 Å². The highest BCUT2D eigenvalue weighted by atomic mass is 14.9. The number of aliphatic imine (C=N–C) groups is 3. The standard InChI is InChI=1S/C19H37N5.C6H13N.C2H6/c1-5-8-17(4)19(21)24-13-12-23-14-16(3)9-7-10-18(20)15-22-11-6-2;1-4-6(7)5(2)3;1-2/h9,14-15,17-18H,5-8,10-13,20H2,1-4H3,(H2,21,24);6H,2,4,7H2,1,3H3;1-2H3/b16-9+,22-15?,23-14?;;. The molecule has 194 valence electrons. The first-order chi connectivity index (χ1) is 15.7. The summed E-state index contributed by atoms with van der Waals surface area (Å²) in [5.41, 5.74) is 19.7. The molecule has 6 N–H and O–H groups in total. The van der Waals surface area contributed by atoms with E-state index in [9.17, 15) is 0 Å². The van der Waals surface area contributed by atoms with Gasteiger partial charge >= 0.3 is 0 Å². The smallest absolute Gasteiger partial charge is 0.0966 e. The lowest BCUT2D eigenvalue weighted by molar-refractivity contribution is 0.658. The topological polar surface area (TPSA) is 115 Å². The number of allylic oxidation sites excluding steroid dienone is 2. The third kappa shape index (κ3) is 26.3. The molecule has 6 heteroatoms. The number of amidine groups is 1. The Morgan fingerprint density at radius 2 is 1.58 bits per heavy atom. The van der Waals surface area contributed by atoms with Crippen molar-refractivity contribution in [3.8, 4) is 0 Å². The van der Waals surface area contributed by atoms with Crippen molar-refractivity contribution in [1.82, 2.24) is 0 Å². The molecule has 0 fully saturated rings. The molecule has 0 spiro atoms. The van der Waals surface area contributed by atoms with Crippen LogP contribution in [0.4, 0.5) is 0 Å². The quantitative estimate of drug-likeness (QED) is 0.125. The molecule has 0 aliphatic heterocycles. The second kappa shape index (κ2) is 26.5. The van der Waals surface area contributed by atoms with Crippen LogP contribution in [0.25, 0.3) is 0 Å². The first kappa shape index (κ1) is 35.8. The molecule has 3 unspecified atom stereocenters. The van der Waals surface area contributed by atoms with Crippen LogP contribution < -0.4 is 17.2 Å². The van der Waals surface area contributed by atoms with Crippen LogP contribution in [0.15, 0.2) is 38.8 Å². The molecule has 0 aliphatic carbocycles. The molecule has 0 bridgehead atoms. The van der Waals surface area contributed by atoms with E-state index in [0.29, 0.717) is 19.0 Å². The van der Waals surface area contributed by atoms with Crippen molar-refractivity contribution in [3.05, 3.63) is 23.8 Å². The zero-order valence-corrected chi connectivity index (χ0v) is 23.1. The Hall–Kier alpha value is -1.79. The SMILES string of the molecule is C=C(C)C(N)CC.CC.CCCN=CC(N)CC/C=C(\C)C=NCCN=C(N)C(C)CCC. The molecule has 0 aromatic carbocycles. The van der Waals surface area contributed by atoms with Gasteiger partial charge in [-0.15, -0.1) is 0 Å². The molecule has 0 aromatic heterocycles. The van der Waals surface area contributed by atoms with Crippen molar-refractivity contribution in [2.75, 3.05) is 19.6 Å². The lowest BCUT2D eigenvalue weighted by atomic mass is 10.1. The van der Waals surface area contributed by atoms with Crippen LogP contribution >= 0.6 is 0 Å². The highest BCUT2D eigenvalue weighted by molar-refractivity contribution is 5.82. The predicted octanol–water partition coefficient (Wildman–Crippen LogP) is 5.71. The van der Waals surface area contributed by atoms with Crippen LogP contribution in [-0.2, 0) is 0 Å². The fraction of sp³-hybridized carbons (Fsp3) is 0.741. The Labute approximate surface area is 206 Å². The first-order valence-corrected chi connectivity index (χ1v) is 12.8. The second-order valence-corrected chi connectivity index (χ2v) is 8.14. The Morgan fingerprint density at radius 3 is 2.06 bits per heavy atom. The second-order valence-electron chi connectivity index (χ2n) is 8.14. The lowest BCUT2D eigenvalue weighted by Crippen LogP contribution is -2.21. The Morgan fingerprint density at radius 1 is 0.939 bits per heavy atom. The third-order valence-electron chi connectivity index (χ3n) is 4.73. The van der Waals surface area contributed by atoms with Gasteiger partial charge in [0, 0.05) is 37.0 Å². The van der Waals surface area contributed by atoms with E-state index >= 15 is 0 Å². The molecule has 0 heterocycles. The number of nitrogens with zero attached hydrogens (tertiary/aromatic N) is 3. The summed E-state index contributed by atoms with van der Waals surface area (Å²) >= 11 is 0. The molecule has 0 aromatic rings. The maximum Gasteiger partial charge on any atom is 0.0966 e. The van der Waals surface area contributed by atoms with Gasteiger partial charge in [0.2, 0.25) is 0 Å². The number of rotatable bonds is 15. The molecule has 0 saturated heterocycles. The molecular formula is C27H56N6. The van der Waals surface area contributed by atoms with Crippen LogP contribution in [-0.4, -0.2) is 50.0 Å².